The van der Waals surface area contributed by atoms with Crippen LogP contribution in [0.2, 0.25) is 0 Å². The molecule has 0 bridgehead atoms. The van der Waals surface area contributed by atoms with Gasteiger partial charge in [-0.2, -0.15) is 0 Å². The van der Waals surface area contributed by atoms with E-state index in [0.29, 0.717) is 6.42 Å². The minimum atomic E-state index is -0.389. The molecule has 1 fully saturated rings. The van der Waals surface area contributed by atoms with Crippen LogP contribution in [0.15, 0.2) is 24.7 Å². The summed E-state index contributed by atoms with van der Waals surface area (Å²) in [7, 11) is 0. The number of nitrogens with one attached hydrogen (secondary N) is 1. The van der Waals surface area contributed by atoms with Crippen molar-refractivity contribution in [2.75, 3.05) is 5.32 Å². The Bertz CT molecular complexity index is 634. The van der Waals surface area contributed by atoms with E-state index < -0.39 is 0 Å². The fraction of sp³-hybridized carbons (Fsp3) is 0.562. The van der Waals surface area contributed by atoms with Gasteiger partial charge < -0.3 is 10.1 Å². The number of carbonyl (C=O) groups is 1. The molecule has 1 aliphatic carbocycles. The molecule has 6 nitrogen and oxygen atoms in total. The van der Waals surface area contributed by atoms with Crippen LogP contribution in [0.1, 0.15) is 45.4 Å². The van der Waals surface area contributed by atoms with Crippen LogP contribution >= 0.6 is 0 Å². The number of rotatable bonds is 5. The number of hydrogen-bond donors (Lipinski definition) is 1. The number of amides is 1. The summed E-state index contributed by atoms with van der Waals surface area (Å²) < 4.78 is 7.78. The van der Waals surface area contributed by atoms with Crippen molar-refractivity contribution < 1.29 is 9.53 Å². The van der Waals surface area contributed by atoms with Gasteiger partial charge in [0.25, 0.3) is 5.91 Å². The van der Waals surface area contributed by atoms with E-state index in [-0.39, 0.29) is 18.1 Å². The lowest BCUT2D eigenvalue weighted by atomic mass is 9.97. The molecule has 2 aromatic heterocycles. The Morgan fingerprint density at radius 1 is 1.41 bits per heavy atom. The van der Waals surface area contributed by atoms with Crippen LogP contribution in [0.3, 0.4) is 0 Å². The van der Waals surface area contributed by atoms with Crippen molar-refractivity contribution in [3.63, 3.8) is 0 Å². The van der Waals surface area contributed by atoms with Crippen LogP contribution in [0, 0.1) is 0 Å². The van der Waals surface area contributed by atoms with Gasteiger partial charge in [0.15, 0.2) is 5.65 Å². The van der Waals surface area contributed by atoms with E-state index in [9.17, 15) is 4.79 Å². The predicted molar refractivity (Wildman–Crippen MR) is 83.7 cm³/mol. The summed E-state index contributed by atoms with van der Waals surface area (Å²) in [5.41, 5.74) is 1.48. The number of anilines is 1. The summed E-state index contributed by atoms with van der Waals surface area (Å²) in [6.07, 6.45) is 9.75. The smallest absolute Gasteiger partial charge is 0.253 e. The van der Waals surface area contributed by atoms with Gasteiger partial charge in [0.05, 0.1) is 11.8 Å². The van der Waals surface area contributed by atoms with E-state index in [1.807, 2.05) is 19.1 Å². The summed E-state index contributed by atoms with van der Waals surface area (Å²) in [5.74, 6) is -0.0829. The summed E-state index contributed by atoms with van der Waals surface area (Å²) in [6.45, 7) is 1.98. The Morgan fingerprint density at radius 3 is 3.00 bits per heavy atom. The van der Waals surface area contributed by atoms with E-state index >= 15 is 0 Å². The van der Waals surface area contributed by atoms with Crippen molar-refractivity contribution in [2.45, 2.75) is 57.7 Å². The molecule has 6 heteroatoms. The Balaban J connectivity index is 1.62. The zero-order valence-electron chi connectivity index (χ0n) is 12.9. The van der Waals surface area contributed by atoms with Crippen LogP contribution in [0.25, 0.3) is 5.65 Å². The average Bonchev–Trinajstić information content (AvgIpc) is 3.01. The van der Waals surface area contributed by atoms with E-state index in [0.717, 1.165) is 24.2 Å². The SMILES string of the molecule is CCC(OC1CCCCC1)C(=O)Nc1ccc2nncn2c1. The topological polar surface area (TPSA) is 68.5 Å². The molecule has 118 valence electrons. The highest BCUT2D eigenvalue weighted by atomic mass is 16.5. The fourth-order valence-corrected chi connectivity index (χ4v) is 2.90. The number of fused-ring (bicyclic) bond motifs is 1. The van der Waals surface area contributed by atoms with Gasteiger partial charge in [-0.1, -0.05) is 26.2 Å². The highest BCUT2D eigenvalue weighted by molar-refractivity contribution is 5.94. The molecule has 1 unspecified atom stereocenters. The number of nitrogens with zero attached hydrogens (tertiary/aromatic N) is 3. The van der Waals surface area contributed by atoms with Gasteiger partial charge in [-0.25, -0.2) is 0 Å². The monoisotopic (exact) mass is 302 g/mol. The van der Waals surface area contributed by atoms with Crippen molar-refractivity contribution in [3.05, 3.63) is 24.7 Å². The molecular formula is C16H22N4O2. The van der Waals surface area contributed by atoms with E-state index in [2.05, 4.69) is 15.5 Å². The highest BCUT2D eigenvalue weighted by Crippen LogP contribution is 2.22. The predicted octanol–water partition coefficient (Wildman–Crippen LogP) is 2.80. The van der Waals surface area contributed by atoms with Crippen molar-refractivity contribution in [3.8, 4) is 0 Å². The van der Waals surface area contributed by atoms with Gasteiger partial charge in [0, 0.05) is 6.20 Å². The Labute approximate surface area is 129 Å². The first-order chi connectivity index (χ1) is 10.8. The minimum absolute atomic E-state index is 0.0829. The first kappa shape index (κ1) is 15.0. The quantitative estimate of drug-likeness (QED) is 0.922. The molecule has 0 aliphatic heterocycles. The van der Waals surface area contributed by atoms with Crippen LogP contribution in [0.4, 0.5) is 5.69 Å². The molecule has 0 aromatic carbocycles. The lowest BCUT2D eigenvalue weighted by molar-refractivity contribution is -0.132. The lowest BCUT2D eigenvalue weighted by Gasteiger charge is -2.26. The number of carbonyl (C=O) groups excluding carboxylic acids is 1. The number of ether oxygens (including phenoxy) is 1. The average molecular weight is 302 g/mol. The molecule has 3 rings (SSSR count). The molecule has 1 aliphatic rings. The van der Waals surface area contributed by atoms with Crippen molar-refractivity contribution in [2.24, 2.45) is 0 Å². The van der Waals surface area contributed by atoms with Crippen LogP contribution in [-0.2, 0) is 9.53 Å². The molecule has 0 saturated heterocycles. The summed E-state index contributed by atoms with van der Waals surface area (Å²) in [6, 6.07) is 3.65. The highest BCUT2D eigenvalue weighted by Gasteiger charge is 2.23. The van der Waals surface area contributed by atoms with Gasteiger partial charge >= 0.3 is 0 Å². The number of pyridine rings is 1. The van der Waals surface area contributed by atoms with Crippen molar-refractivity contribution in [1.82, 2.24) is 14.6 Å². The maximum absolute atomic E-state index is 12.4. The van der Waals surface area contributed by atoms with Crippen LogP contribution < -0.4 is 5.32 Å². The second kappa shape index (κ2) is 6.87. The van der Waals surface area contributed by atoms with Crippen molar-refractivity contribution >= 4 is 17.2 Å². The van der Waals surface area contributed by atoms with E-state index in [1.54, 1.807) is 16.9 Å². The molecule has 1 atom stereocenters. The molecule has 0 spiro atoms. The molecule has 1 amide bonds. The lowest BCUT2D eigenvalue weighted by Crippen LogP contribution is -2.34. The maximum atomic E-state index is 12.4. The standard InChI is InChI=1S/C16H22N4O2/c1-2-14(22-13-6-4-3-5-7-13)16(21)18-12-8-9-15-19-17-11-20(15)10-12/h8-11,13-14H,2-7H2,1H3,(H,18,21). The number of hydrogen-bond acceptors (Lipinski definition) is 4. The third kappa shape index (κ3) is 3.44. The second-order valence-corrected chi connectivity index (χ2v) is 5.80. The van der Waals surface area contributed by atoms with Gasteiger partial charge in [0.1, 0.15) is 12.4 Å². The van der Waals surface area contributed by atoms with Gasteiger partial charge in [-0.05, 0) is 31.4 Å². The molecule has 22 heavy (non-hydrogen) atoms. The molecule has 1 saturated carbocycles. The van der Waals surface area contributed by atoms with Crippen LogP contribution in [-0.4, -0.2) is 32.7 Å². The Kier molecular flexibility index (Phi) is 4.68. The zero-order chi connectivity index (χ0) is 15.4. The summed E-state index contributed by atoms with van der Waals surface area (Å²) >= 11 is 0. The third-order valence-corrected chi connectivity index (χ3v) is 4.13. The molecule has 2 aromatic rings. The fourth-order valence-electron chi connectivity index (χ4n) is 2.90. The van der Waals surface area contributed by atoms with E-state index in [1.165, 1.54) is 19.3 Å². The molecule has 2 heterocycles. The van der Waals surface area contributed by atoms with Gasteiger partial charge in [0.2, 0.25) is 0 Å². The zero-order valence-corrected chi connectivity index (χ0v) is 12.9. The molecule has 0 radical (unpaired) electrons. The summed E-state index contributed by atoms with van der Waals surface area (Å²) in [4.78, 5) is 12.4. The van der Waals surface area contributed by atoms with Crippen molar-refractivity contribution in [1.29, 1.82) is 0 Å². The maximum Gasteiger partial charge on any atom is 0.253 e. The minimum Gasteiger partial charge on any atom is -0.365 e. The largest absolute Gasteiger partial charge is 0.365 e. The van der Waals surface area contributed by atoms with Crippen LogP contribution in [0.5, 0.6) is 0 Å². The van der Waals surface area contributed by atoms with Gasteiger partial charge in [-0.3, -0.25) is 9.20 Å². The molecule has 1 N–H and O–H groups in total. The second-order valence-electron chi connectivity index (χ2n) is 5.80. The first-order valence-corrected chi connectivity index (χ1v) is 8.02. The normalized spacial score (nSPS) is 17.5. The summed E-state index contributed by atoms with van der Waals surface area (Å²) in [5, 5.41) is 10.7. The number of aromatic nitrogens is 3. The van der Waals surface area contributed by atoms with Gasteiger partial charge in [-0.15, -0.1) is 10.2 Å². The Morgan fingerprint density at radius 2 is 2.23 bits per heavy atom. The third-order valence-electron chi connectivity index (χ3n) is 4.13. The first-order valence-electron chi connectivity index (χ1n) is 8.02. The Hall–Kier alpha value is -1.95. The van der Waals surface area contributed by atoms with E-state index in [4.69, 9.17) is 4.74 Å². The molecular weight excluding hydrogens is 280 g/mol.